The molecule has 0 unspecified atom stereocenters. The van der Waals surface area contributed by atoms with Crippen LogP contribution in [-0.2, 0) is 0 Å². The van der Waals surface area contributed by atoms with Crippen LogP contribution in [0.5, 0.6) is 11.5 Å². The highest BCUT2D eigenvalue weighted by Crippen LogP contribution is 2.62. The Balaban J connectivity index is 0.000000670. The van der Waals surface area contributed by atoms with Crippen molar-refractivity contribution < 1.29 is 10.2 Å². The summed E-state index contributed by atoms with van der Waals surface area (Å²) in [5, 5.41) is 30.6. The molecule has 14 aromatic rings. The molecule has 0 aliphatic heterocycles. The van der Waals surface area contributed by atoms with Crippen molar-refractivity contribution in [2.45, 2.75) is 67.2 Å². The van der Waals surface area contributed by atoms with E-state index in [9.17, 15) is 10.2 Å². The van der Waals surface area contributed by atoms with E-state index in [0.717, 1.165) is 33.4 Å². The number of unbranched alkanes of at least 4 members (excludes halogenated alkanes) is 2. The maximum atomic E-state index is 10.4. The van der Waals surface area contributed by atoms with E-state index in [0.29, 0.717) is 0 Å². The predicted molar refractivity (Wildman–Crippen MR) is 379 cm³/mol. The molecule has 0 fully saturated rings. The van der Waals surface area contributed by atoms with Crippen molar-refractivity contribution in [3.8, 4) is 134 Å². The molecule has 0 saturated heterocycles. The number of benzene rings is 14. The molecule has 14 aromatic carbocycles. The Morgan fingerprint density at radius 1 is 0.193 bits per heavy atom. The van der Waals surface area contributed by atoms with Crippen molar-refractivity contribution in [2.24, 2.45) is 0 Å². The van der Waals surface area contributed by atoms with Crippen molar-refractivity contribution in [2.75, 3.05) is 0 Å². The molecule has 16 rings (SSSR count). The lowest BCUT2D eigenvalue weighted by Crippen LogP contribution is -1.95. The monoisotopic (exact) mass is 1140 g/mol. The largest absolute Gasteiger partial charge is 0.508 e. The summed E-state index contributed by atoms with van der Waals surface area (Å²) in [7, 11) is 0. The van der Waals surface area contributed by atoms with Gasteiger partial charge in [-0.2, -0.15) is 0 Å². The first-order valence-electron chi connectivity index (χ1n) is 31.6. The predicted octanol–water partition coefficient (Wildman–Crippen LogP) is 25.3. The Morgan fingerprint density at radius 3 is 0.807 bits per heavy atom. The first kappa shape index (κ1) is 56.8. The number of phenolic OH excluding ortho intramolecular Hbond substituents is 2. The number of rotatable bonds is 9. The smallest absolute Gasteiger partial charge is 0.115 e. The minimum atomic E-state index is 0.250. The molecule has 0 radical (unpaired) electrons. The summed E-state index contributed by atoms with van der Waals surface area (Å²) in [6.07, 6.45) is 5.28. The van der Waals surface area contributed by atoms with E-state index in [2.05, 4.69) is 246 Å². The summed E-state index contributed by atoms with van der Waals surface area (Å²) >= 11 is 0. The van der Waals surface area contributed by atoms with Crippen LogP contribution in [0.3, 0.4) is 0 Å². The van der Waals surface area contributed by atoms with Crippen LogP contribution in [0, 0.1) is 0 Å². The van der Waals surface area contributed by atoms with Crippen LogP contribution in [0.15, 0.2) is 267 Å². The van der Waals surface area contributed by atoms with Gasteiger partial charge in [-0.1, -0.05) is 310 Å². The standard InChI is InChI=1S/C76H46O2.2C4H10.C2H6/c77-49-37-33-45(34-38-49)51-21-7-9-23-55(51)71-61-27-13-11-25-59(61)67(47-17-3-1-4-18-47)73-63-31-15-29-57-53(41-43-65(69(57)63)75(71)73)54-42-44-66-70-58(54)30-16-32-64(70)74-68(48-19-5-2-6-20-48)60-26-12-14-28-62(60)72(76(66)74)56-24-10-8-22-52(56)46-35-39-50(78)40-36-46;2*1-3-4-2;1-2/h1-44,77-78H;2*3-4H2,1-2H3;1-2H3. The van der Waals surface area contributed by atoms with Gasteiger partial charge in [0.25, 0.3) is 0 Å². The first-order valence-corrected chi connectivity index (χ1v) is 31.6. The Hall–Kier alpha value is -10.3. The van der Waals surface area contributed by atoms with Crippen LogP contribution >= 0.6 is 0 Å². The van der Waals surface area contributed by atoms with Gasteiger partial charge in [-0.15, -0.1) is 0 Å². The third kappa shape index (κ3) is 9.61. The third-order valence-corrected chi connectivity index (χ3v) is 17.8. The second kappa shape index (κ2) is 24.6. The van der Waals surface area contributed by atoms with Crippen LogP contribution in [0.4, 0.5) is 0 Å². The molecule has 2 aliphatic rings. The fourth-order valence-electron chi connectivity index (χ4n) is 13.6. The van der Waals surface area contributed by atoms with E-state index in [1.165, 1.54) is 158 Å². The average molecular weight is 1140 g/mol. The lowest BCUT2D eigenvalue weighted by molar-refractivity contribution is 0.475. The van der Waals surface area contributed by atoms with Gasteiger partial charge in [0.15, 0.2) is 0 Å². The van der Waals surface area contributed by atoms with Crippen LogP contribution < -0.4 is 0 Å². The first-order chi connectivity index (χ1) is 43.4. The zero-order valence-corrected chi connectivity index (χ0v) is 51.1. The highest BCUT2D eigenvalue weighted by Gasteiger charge is 2.35. The third-order valence-electron chi connectivity index (χ3n) is 17.8. The zero-order valence-electron chi connectivity index (χ0n) is 51.1. The number of hydrogen-bond acceptors (Lipinski definition) is 2. The summed E-state index contributed by atoms with van der Waals surface area (Å²) in [6.45, 7) is 12.7. The summed E-state index contributed by atoms with van der Waals surface area (Å²) in [6, 6.07) is 96.0. The molecule has 2 aliphatic carbocycles. The SMILES string of the molecule is CC.CCCC.CCCC.Oc1ccc(-c2ccccc2-c2c3c(c(-c4ccccc4)c4ccccc24)-c2cccc4c(-c5ccc6c7c(cccc57)-c5c-6c(-c6ccccc6-c6ccc(O)cc6)c6ccccc6c5-c5ccccc5)ccc-3c24)cc1. The van der Waals surface area contributed by atoms with Crippen LogP contribution in [0.2, 0.25) is 0 Å². The number of aromatic hydroxyl groups is 2. The Morgan fingerprint density at radius 2 is 0.455 bits per heavy atom. The van der Waals surface area contributed by atoms with Crippen molar-refractivity contribution in [1.29, 1.82) is 0 Å². The molecular weight excluding hydrogens is 1060 g/mol. The van der Waals surface area contributed by atoms with Gasteiger partial charge in [-0.3, -0.25) is 0 Å². The molecule has 0 heterocycles. The van der Waals surface area contributed by atoms with Gasteiger partial charge in [0.1, 0.15) is 11.5 Å². The molecule has 0 spiro atoms. The van der Waals surface area contributed by atoms with E-state index in [1.807, 2.05) is 38.1 Å². The Bertz CT molecular complexity index is 4580. The van der Waals surface area contributed by atoms with E-state index in [1.54, 1.807) is 24.3 Å². The fraction of sp³-hybridized carbons (Fsp3) is 0.116. The molecule has 2 heteroatoms. The highest BCUT2D eigenvalue weighted by molar-refractivity contribution is 6.32. The molecule has 428 valence electrons. The van der Waals surface area contributed by atoms with Gasteiger partial charge < -0.3 is 10.2 Å². The van der Waals surface area contributed by atoms with Gasteiger partial charge in [-0.25, -0.2) is 0 Å². The lowest BCUT2D eigenvalue weighted by atomic mass is 9.81. The quantitative estimate of drug-likeness (QED) is 0.151. The maximum Gasteiger partial charge on any atom is 0.115 e. The second-order valence-corrected chi connectivity index (χ2v) is 22.8. The van der Waals surface area contributed by atoms with Gasteiger partial charge in [0, 0.05) is 0 Å². The molecule has 88 heavy (non-hydrogen) atoms. The minimum Gasteiger partial charge on any atom is -0.508 e. The minimum absolute atomic E-state index is 0.250. The summed E-state index contributed by atoms with van der Waals surface area (Å²) in [5.74, 6) is 0.501. The Labute approximate surface area is 518 Å². The molecule has 2 nitrogen and oxygen atoms in total. The second-order valence-electron chi connectivity index (χ2n) is 22.8. The van der Waals surface area contributed by atoms with Gasteiger partial charge in [-0.05, 0) is 190 Å². The van der Waals surface area contributed by atoms with Gasteiger partial charge in [0.2, 0.25) is 0 Å². The molecular formula is C86H72O2. The van der Waals surface area contributed by atoms with Crippen molar-refractivity contribution in [3.63, 3.8) is 0 Å². The summed E-state index contributed by atoms with van der Waals surface area (Å²) in [4.78, 5) is 0. The lowest BCUT2D eigenvalue weighted by Gasteiger charge is -2.22. The normalized spacial score (nSPS) is 11.3. The molecule has 0 atom stereocenters. The molecule has 0 bridgehead atoms. The van der Waals surface area contributed by atoms with Crippen LogP contribution in [0.25, 0.3) is 165 Å². The molecule has 0 saturated carbocycles. The average Bonchev–Trinajstić information content (AvgIpc) is 1.53. The Kier molecular flexibility index (Phi) is 15.9. The molecule has 0 aromatic heterocycles. The van der Waals surface area contributed by atoms with Crippen molar-refractivity contribution in [3.05, 3.63) is 267 Å². The topological polar surface area (TPSA) is 40.5 Å². The zero-order chi connectivity index (χ0) is 60.4. The van der Waals surface area contributed by atoms with Crippen LogP contribution in [-0.4, -0.2) is 10.2 Å². The molecule has 0 amide bonds. The summed E-state index contributed by atoms with van der Waals surface area (Å²) < 4.78 is 0. The summed E-state index contributed by atoms with van der Waals surface area (Å²) in [5.41, 5.74) is 26.2. The van der Waals surface area contributed by atoms with Gasteiger partial charge in [0.05, 0.1) is 0 Å². The van der Waals surface area contributed by atoms with E-state index < -0.39 is 0 Å². The number of fused-ring (bicyclic) bond motifs is 8. The van der Waals surface area contributed by atoms with Crippen molar-refractivity contribution in [1.82, 2.24) is 0 Å². The highest BCUT2D eigenvalue weighted by atomic mass is 16.3. The van der Waals surface area contributed by atoms with Gasteiger partial charge >= 0.3 is 0 Å². The van der Waals surface area contributed by atoms with Crippen molar-refractivity contribution >= 4 is 43.1 Å². The number of hydrogen-bond donors (Lipinski definition) is 2. The fourth-order valence-corrected chi connectivity index (χ4v) is 13.6. The molecule has 2 N–H and O–H groups in total. The van der Waals surface area contributed by atoms with Crippen LogP contribution in [0.1, 0.15) is 67.2 Å². The van der Waals surface area contributed by atoms with E-state index in [4.69, 9.17) is 0 Å². The van der Waals surface area contributed by atoms with E-state index in [-0.39, 0.29) is 11.5 Å². The van der Waals surface area contributed by atoms with E-state index >= 15 is 0 Å². The maximum absolute atomic E-state index is 10.4. The number of phenols is 2.